The summed E-state index contributed by atoms with van der Waals surface area (Å²) in [6, 6.07) is 6.09. The minimum Gasteiger partial charge on any atom is -0.485 e. The molecule has 0 unspecified atom stereocenters. The van der Waals surface area contributed by atoms with Crippen molar-refractivity contribution in [3.05, 3.63) is 57.0 Å². The standard InChI is InChI=1S/C14H13NO6/c1-8-6-10(21-13(8)14(16)17)7-20-12-5-3-4-11(9(12)2)15(18)19/h3-6H,7H2,1-2H3,(H,16,17). The van der Waals surface area contributed by atoms with Crippen LogP contribution in [0.15, 0.2) is 28.7 Å². The van der Waals surface area contributed by atoms with E-state index in [1.54, 1.807) is 26.0 Å². The average Bonchev–Trinajstić information content (AvgIpc) is 2.78. The molecular formula is C14H13NO6. The van der Waals surface area contributed by atoms with E-state index in [4.69, 9.17) is 14.3 Å². The fourth-order valence-corrected chi connectivity index (χ4v) is 1.94. The second-order valence-electron chi connectivity index (χ2n) is 4.48. The zero-order valence-electron chi connectivity index (χ0n) is 11.5. The molecule has 0 amide bonds. The summed E-state index contributed by atoms with van der Waals surface area (Å²) in [7, 11) is 0. The van der Waals surface area contributed by atoms with Gasteiger partial charge in [-0.05, 0) is 26.0 Å². The average molecular weight is 291 g/mol. The summed E-state index contributed by atoms with van der Waals surface area (Å²) in [6.07, 6.45) is 0. The molecule has 0 aliphatic carbocycles. The lowest BCUT2D eigenvalue weighted by Gasteiger charge is -2.07. The van der Waals surface area contributed by atoms with E-state index in [2.05, 4.69) is 0 Å². The Kier molecular flexibility index (Phi) is 3.93. The highest BCUT2D eigenvalue weighted by molar-refractivity contribution is 5.86. The van der Waals surface area contributed by atoms with Gasteiger partial charge in [-0.15, -0.1) is 0 Å². The van der Waals surface area contributed by atoms with Crippen LogP contribution in [-0.2, 0) is 6.61 Å². The fraction of sp³-hybridized carbons (Fsp3) is 0.214. The van der Waals surface area contributed by atoms with Crippen molar-refractivity contribution in [1.29, 1.82) is 0 Å². The van der Waals surface area contributed by atoms with Gasteiger partial charge >= 0.3 is 5.97 Å². The molecule has 2 aromatic rings. The summed E-state index contributed by atoms with van der Waals surface area (Å²) in [5, 5.41) is 19.7. The Morgan fingerprint density at radius 2 is 2.14 bits per heavy atom. The quantitative estimate of drug-likeness (QED) is 0.670. The predicted octanol–water partition coefficient (Wildman–Crippen LogP) is 3.08. The minimum atomic E-state index is -1.15. The number of aryl methyl sites for hydroxylation is 1. The second kappa shape index (κ2) is 5.66. The lowest BCUT2D eigenvalue weighted by atomic mass is 10.2. The Morgan fingerprint density at radius 3 is 2.71 bits per heavy atom. The van der Waals surface area contributed by atoms with Crippen LogP contribution >= 0.6 is 0 Å². The summed E-state index contributed by atoms with van der Waals surface area (Å²) >= 11 is 0. The largest absolute Gasteiger partial charge is 0.485 e. The van der Waals surface area contributed by atoms with Gasteiger partial charge in [-0.2, -0.15) is 0 Å². The van der Waals surface area contributed by atoms with E-state index in [9.17, 15) is 14.9 Å². The molecule has 2 rings (SSSR count). The normalized spacial score (nSPS) is 10.4. The van der Waals surface area contributed by atoms with Crippen molar-refractivity contribution in [2.24, 2.45) is 0 Å². The highest BCUT2D eigenvalue weighted by atomic mass is 16.6. The molecule has 110 valence electrons. The molecule has 0 aliphatic heterocycles. The maximum atomic E-state index is 10.9. The van der Waals surface area contributed by atoms with Crippen LogP contribution in [0.1, 0.15) is 27.4 Å². The molecule has 0 atom stereocenters. The van der Waals surface area contributed by atoms with Crippen LogP contribution in [0.2, 0.25) is 0 Å². The fourth-order valence-electron chi connectivity index (χ4n) is 1.94. The zero-order valence-corrected chi connectivity index (χ0v) is 11.5. The number of rotatable bonds is 5. The van der Waals surface area contributed by atoms with Crippen molar-refractivity contribution >= 4 is 11.7 Å². The SMILES string of the molecule is Cc1cc(COc2cccc([N+](=O)[O-])c2C)oc1C(=O)O. The number of furan rings is 1. The van der Waals surface area contributed by atoms with Crippen LogP contribution in [0.3, 0.4) is 0 Å². The number of hydrogen-bond acceptors (Lipinski definition) is 5. The third-order valence-electron chi connectivity index (χ3n) is 2.99. The van der Waals surface area contributed by atoms with Crippen molar-refractivity contribution in [3.8, 4) is 5.75 Å². The van der Waals surface area contributed by atoms with Crippen LogP contribution in [0, 0.1) is 24.0 Å². The minimum absolute atomic E-state index is 0.00384. The molecule has 0 saturated carbocycles. The number of nitrogens with zero attached hydrogens (tertiary/aromatic N) is 1. The maximum absolute atomic E-state index is 10.9. The molecule has 0 saturated heterocycles. The van der Waals surface area contributed by atoms with E-state index >= 15 is 0 Å². The van der Waals surface area contributed by atoms with Crippen molar-refractivity contribution in [2.45, 2.75) is 20.5 Å². The number of ether oxygens (including phenoxy) is 1. The number of carbonyl (C=O) groups is 1. The first kappa shape index (κ1) is 14.6. The van der Waals surface area contributed by atoms with Gasteiger partial charge in [0.1, 0.15) is 18.1 Å². The Hall–Kier alpha value is -2.83. The van der Waals surface area contributed by atoms with E-state index in [0.29, 0.717) is 22.6 Å². The van der Waals surface area contributed by atoms with Gasteiger partial charge in [-0.25, -0.2) is 4.79 Å². The van der Waals surface area contributed by atoms with Crippen molar-refractivity contribution < 1.29 is 24.0 Å². The van der Waals surface area contributed by atoms with Gasteiger partial charge in [0.15, 0.2) is 0 Å². The van der Waals surface area contributed by atoms with Crippen LogP contribution < -0.4 is 4.74 Å². The molecule has 0 radical (unpaired) electrons. The summed E-state index contributed by atoms with van der Waals surface area (Å²) in [4.78, 5) is 21.2. The van der Waals surface area contributed by atoms with Gasteiger partial charge in [0.2, 0.25) is 5.76 Å². The summed E-state index contributed by atoms with van der Waals surface area (Å²) in [6.45, 7) is 3.20. The number of nitro benzene ring substituents is 1. The van der Waals surface area contributed by atoms with E-state index in [-0.39, 0.29) is 18.1 Å². The van der Waals surface area contributed by atoms with E-state index in [1.165, 1.54) is 12.1 Å². The predicted molar refractivity (Wildman–Crippen MR) is 72.6 cm³/mol. The summed E-state index contributed by atoms with van der Waals surface area (Å²) in [5.41, 5.74) is 0.871. The van der Waals surface area contributed by atoms with E-state index in [0.717, 1.165) is 0 Å². The van der Waals surface area contributed by atoms with Gasteiger partial charge in [0.05, 0.1) is 10.5 Å². The van der Waals surface area contributed by atoms with Crippen molar-refractivity contribution in [1.82, 2.24) is 0 Å². The monoisotopic (exact) mass is 291 g/mol. The maximum Gasteiger partial charge on any atom is 0.372 e. The molecule has 7 heteroatoms. The molecule has 1 aromatic heterocycles. The molecular weight excluding hydrogens is 278 g/mol. The molecule has 1 heterocycles. The van der Waals surface area contributed by atoms with Gasteiger partial charge in [0.25, 0.3) is 5.69 Å². The van der Waals surface area contributed by atoms with Gasteiger partial charge in [-0.3, -0.25) is 10.1 Å². The number of carboxylic acid groups (broad SMARTS) is 1. The number of nitro groups is 1. The Bertz CT molecular complexity index is 703. The van der Waals surface area contributed by atoms with E-state index < -0.39 is 10.9 Å². The van der Waals surface area contributed by atoms with Crippen LogP contribution in [-0.4, -0.2) is 16.0 Å². The molecule has 7 nitrogen and oxygen atoms in total. The lowest BCUT2D eigenvalue weighted by molar-refractivity contribution is -0.385. The Balaban J connectivity index is 2.17. The van der Waals surface area contributed by atoms with Crippen LogP contribution in [0.5, 0.6) is 5.75 Å². The number of carboxylic acids is 1. The molecule has 0 bridgehead atoms. The third-order valence-corrected chi connectivity index (χ3v) is 2.99. The first-order valence-electron chi connectivity index (χ1n) is 6.09. The molecule has 0 aliphatic rings. The third kappa shape index (κ3) is 3.02. The zero-order chi connectivity index (χ0) is 15.6. The van der Waals surface area contributed by atoms with Gasteiger partial charge in [0, 0.05) is 11.6 Å². The Morgan fingerprint density at radius 1 is 1.43 bits per heavy atom. The molecule has 0 spiro atoms. The lowest BCUT2D eigenvalue weighted by Crippen LogP contribution is -1.99. The summed E-state index contributed by atoms with van der Waals surface area (Å²) in [5.74, 6) is -0.583. The van der Waals surface area contributed by atoms with Crippen molar-refractivity contribution in [3.63, 3.8) is 0 Å². The number of hydrogen-bond donors (Lipinski definition) is 1. The summed E-state index contributed by atoms with van der Waals surface area (Å²) < 4.78 is 10.6. The second-order valence-corrected chi connectivity index (χ2v) is 4.48. The highest BCUT2D eigenvalue weighted by Crippen LogP contribution is 2.28. The number of aromatic carboxylic acids is 1. The van der Waals surface area contributed by atoms with Gasteiger partial charge < -0.3 is 14.3 Å². The topological polar surface area (TPSA) is 103 Å². The first-order valence-corrected chi connectivity index (χ1v) is 6.09. The van der Waals surface area contributed by atoms with Crippen molar-refractivity contribution in [2.75, 3.05) is 0 Å². The Labute approximate surface area is 119 Å². The molecule has 1 N–H and O–H groups in total. The number of benzene rings is 1. The van der Waals surface area contributed by atoms with Gasteiger partial charge in [-0.1, -0.05) is 6.07 Å². The smallest absolute Gasteiger partial charge is 0.372 e. The van der Waals surface area contributed by atoms with Crippen LogP contribution in [0.4, 0.5) is 5.69 Å². The first-order chi connectivity index (χ1) is 9.90. The molecule has 1 aromatic carbocycles. The molecule has 0 fully saturated rings. The highest BCUT2D eigenvalue weighted by Gasteiger charge is 2.17. The van der Waals surface area contributed by atoms with E-state index in [1.807, 2.05) is 0 Å². The molecule has 21 heavy (non-hydrogen) atoms. The van der Waals surface area contributed by atoms with Crippen LogP contribution in [0.25, 0.3) is 0 Å².